The number of ketones is 1. The van der Waals surface area contributed by atoms with Crippen molar-refractivity contribution >= 4 is 5.78 Å². The monoisotopic (exact) mass is 190 g/mol. The lowest BCUT2D eigenvalue weighted by atomic mass is 9.89. The Kier molecular flexibility index (Phi) is 2.79. The van der Waals surface area contributed by atoms with Crippen molar-refractivity contribution in [1.29, 1.82) is 0 Å². The van der Waals surface area contributed by atoms with Gasteiger partial charge in [0.2, 0.25) is 0 Å². The third-order valence-corrected chi connectivity index (χ3v) is 2.08. The smallest absolute Gasteiger partial charge is 0.184 e. The van der Waals surface area contributed by atoms with Crippen molar-refractivity contribution in [2.45, 2.75) is 34.6 Å². The zero-order chi connectivity index (χ0) is 10.9. The van der Waals surface area contributed by atoms with Gasteiger partial charge in [-0.05, 0) is 48.1 Å². The number of hydrogen-bond donors (Lipinski definition) is 0. The second kappa shape index (κ2) is 3.56. The molecular formula is C13H18O. The van der Waals surface area contributed by atoms with Gasteiger partial charge < -0.3 is 0 Å². The fraction of sp³-hybridized carbons (Fsp3) is 0.462. The lowest BCUT2D eigenvalue weighted by Crippen LogP contribution is -2.08. The van der Waals surface area contributed by atoms with Crippen molar-refractivity contribution in [1.82, 2.24) is 0 Å². The number of Topliss-reactive ketones (excluding diaryl/α,β-unsaturated/α-hetero) is 1. The van der Waals surface area contributed by atoms with Crippen molar-refractivity contribution in [3.63, 3.8) is 0 Å². The summed E-state index contributed by atoms with van der Waals surface area (Å²) in [6.45, 7) is 10.2. The van der Waals surface area contributed by atoms with Gasteiger partial charge >= 0.3 is 0 Å². The Bertz CT molecular complexity index is 322. The molecule has 0 aliphatic heterocycles. The van der Waals surface area contributed by atoms with Crippen LogP contribution in [0.3, 0.4) is 0 Å². The Labute approximate surface area is 86.2 Å². The molecule has 1 aliphatic rings. The van der Waals surface area contributed by atoms with E-state index < -0.39 is 0 Å². The molecule has 0 bridgehead atoms. The highest BCUT2D eigenvalue weighted by Crippen LogP contribution is 2.24. The van der Waals surface area contributed by atoms with E-state index in [0.717, 1.165) is 16.7 Å². The second-order valence-corrected chi connectivity index (χ2v) is 4.99. The van der Waals surface area contributed by atoms with Gasteiger partial charge in [0, 0.05) is 0 Å². The Hall–Kier alpha value is -1.11. The van der Waals surface area contributed by atoms with Crippen LogP contribution in [0.2, 0.25) is 0 Å². The van der Waals surface area contributed by atoms with Gasteiger partial charge in [0.05, 0.1) is 0 Å². The van der Waals surface area contributed by atoms with E-state index in [2.05, 4.69) is 26.8 Å². The van der Waals surface area contributed by atoms with Crippen LogP contribution in [0.15, 0.2) is 34.9 Å². The van der Waals surface area contributed by atoms with E-state index in [1.54, 1.807) is 0 Å². The normalized spacial score (nSPS) is 17.8. The predicted octanol–water partition coefficient (Wildman–Crippen LogP) is 3.43. The maximum Gasteiger partial charge on any atom is 0.184 e. The van der Waals surface area contributed by atoms with Gasteiger partial charge in [0.25, 0.3) is 0 Å². The SMILES string of the molecule is CC1=CC(=CC(C)(C)C)C=C(C)C1=O. The molecule has 0 atom stereocenters. The topological polar surface area (TPSA) is 17.1 Å². The molecule has 0 saturated heterocycles. The third kappa shape index (κ3) is 2.69. The Morgan fingerprint density at radius 1 is 1.07 bits per heavy atom. The molecule has 1 rings (SSSR count). The van der Waals surface area contributed by atoms with E-state index in [-0.39, 0.29) is 11.2 Å². The zero-order valence-electron chi connectivity index (χ0n) is 9.64. The zero-order valence-corrected chi connectivity index (χ0v) is 9.64. The summed E-state index contributed by atoms with van der Waals surface area (Å²) in [4.78, 5) is 11.5. The number of carbonyl (C=O) groups excluding carboxylic acids is 1. The molecule has 0 saturated carbocycles. The van der Waals surface area contributed by atoms with E-state index in [1.807, 2.05) is 26.0 Å². The highest BCUT2D eigenvalue weighted by molar-refractivity contribution is 6.09. The van der Waals surface area contributed by atoms with Crippen molar-refractivity contribution < 1.29 is 4.79 Å². The largest absolute Gasteiger partial charge is 0.289 e. The first-order valence-corrected chi connectivity index (χ1v) is 4.94. The average molecular weight is 190 g/mol. The summed E-state index contributed by atoms with van der Waals surface area (Å²) in [6, 6.07) is 0. The molecule has 0 spiro atoms. The molecule has 0 fully saturated rings. The Morgan fingerprint density at radius 3 is 1.86 bits per heavy atom. The Morgan fingerprint density at radius 2 is 1.50 bits per heavy atom. The van der Waals surface area contributed by atoms with Gasteiger partial charge in [0.1, 0.15) is 0 Å². The molecule has 0 unspecified atom stereocenters. The summed E-state index contributed by atoms with van der Waals surface area (Å²) in [5.74, 6) is 0.163. The highest BCUT2D eigenvalue weighted by Gasteiger charge is 2.14. The molecule has 1 heteroatoms. The van der Waals surface area contributed by atoms with E-state index in [1.165, 1.54) is 0 Å². The molecule has 0 heterocycles. The van der Waals surface area contributed by atoms with Gasteiger partial charge in [-0.25, -0.2) is 0 Å². The van der Waals surface area contributed by atoms with Gasteiger partial charge in [-0.15, -0.1) is 0 Å². The van der Waals surface area contributed by atoms with Crippen LogP contribution in [0.5, 0.6) is 0 Å². The van der Waals surface area contributed by atoms with E-state index in [9.17, 15) is 4.79 Å². The summed E-state index contributed by atoms with van der Waals surface area (Å²) in [7, 11) is 0. The first-order chi connectivity index (χ1) is 6.29. The molecule has 0 N–H and O–H groups in total. The maximum atomic E-state index is 11.5. The van der Waals surface area contributed by atoms with Gasteiger partial charge in [-0.2, -0.15) is 0 Å². The van der Waals surface area contributed by atoms with Crippen LogP contribution in [0.1, 0.15) is 34.6 Å². The van der Waals surface area contributed by atoms with Crippen LogP contribution in [0.4, 0.5) is 0 Å². The van der Waals surface area contributed by atoms with Crippen LogP contribution in [0, 0.1) is 5.41 Å². The number of hydrogen-bond acceptors (Lipinski definition) is 1. The lowest BCUT2D eigenvalue weighted by Gasteiger charge is -2.16. The van der Waals surface area contributed by atoms with Crippen molar-refractivity contribution in [2.75, 3.05) is 0 Å². The fourth-order valence-electron chi connectivity index (χ4n) is 1.57. The van der Waals surface area contributed by atoms with Crippen LogP contribution >= 0.6 is 0 Å². The minimum Gasteiger partial charge on any atom is -0.289 e. The van der Waals surface area contributed by atoms with Crippen LogP contribution in [0.25, 0.3) is 0 Å². The first-order valence-electron chi connectivity index (χ1n) is 4.94. The minimum absolute atomic E-state index is 0.156. The molecule has 0 aromatic rings. The summed E-state index contributed by atoms with van der Waals surface area (Å²) in [5, 5.41) is 0. The first kappa shape index (κ1) is 11.0. The molecule has 76 valence electrons. The van der Waals surface area contributed by atoms with Crippen LogP contribution in [-0.2, 0) is 4.79 Å². The van der Waals surface area contributed by atoms with Gasteiger partial charge in [0.15, 0.2) is 5.78 Å². The van der Waals surface area contributed by atoms with Gasteiger partial charge in [-0.1, -0.05) is 26.8 Å². The summed E-state index contributed by atoms with van der Waals surface area (Å²) >= 11 is 0. The van der Waals surface area contributed by atoms with Crippen LogP contribution < -0.4 is 0 Å². The van der Waals surface area contributed by atoms with Crippen molar-refractivity contribution in [3.05, 3.63) is 34.9 Å². The van der Waals surface area contributed by atoms with E-state index in [4.69, 9.17) is 0 Å². The van der Waals surface area contributed by atoms with Crippen LogP contribution in [-0.4, -0.2) is 5.78 Å². The molecule has 0 aromatic heterocycles. The van der Waals surface area contributed by atoms with Gasteiger partial charge in [-0.3, -0.25) is 4.79 Å². The summed E-state index contributed by atoms with van der Waals surface area (Å²) < 4.78 is 0. The summed E-state index contributed by atoms with van der Waals surface area (Å²) in [6.07, 6.45) is 6.10. The highest BCUT2D eigenvalue weighted by atomic mass is 16.1. The Balaban J connectivity index is 3.07. The maximum absolute atomic E-state index is 11.5. The standard InChI is InChI=1S/C13H18O/c1-9-6-11(8-13(3,4)5)7-10(2)12(9)14/h6-8H,1-5H3. The second-order valence-electron chi connectivity index (χ2n) is 4.99. The quantitative estimate of drug-likeness (QED) is 0.572. The minimum atomic E-state index is 0.156. The average Bonchev–Trinajstić information content (AvgIpc) is 1.96. The fourth-order valence-corrected chi connectivity index (χ4v) is 1.57. The van der Waals surface area contributed by atoms with E-state index in [0.29, 0.717) is 0 Å². The van der Waals surface area contributed by atoms with E-state index >= 15 is 0 Å². The molecule has 14 heavy (non-hydrogen) atoms. The molecular weight excluding hydrogens is 172 g/mol. The van der Waals surface area contributed by atoms with Crippen molar-refractivity contribution in [3.8, 4) is 0 Å². The molecule has 0 aromatic carbocycles. The molecule has 1 nitrogen and oxygen atoms in total. The molecule has 1 aliphatic carbocycles. The molecule has 0 amide bonds. The number of carbonyl (C=O) groups is 1. The molecule has 0 radical (unpaired) electrons. The number of allylic oxidation sites excluding steroid dienone is 6. The third-order valence-electron chi connectivity index (χ3n) is 2.08. The summed E-state index contributed by atoms with van der Waals surface area (Å²) in [5.41, 5.74) is 2.97. The number of rotatable bonds is 0. The van der Waals surface area contributed by atoms with Crippen molar-refractivity contribution in [2.24, 2.45) is 5.41 Å². The predicted molar refractivity (Wildman–Crippen MR) is 60.1 cm³/mol. The lowest BCUT2D eigenvalue weighted by molar-refractivity contribution is -0.112.